The number of rotatable bonds is 4. The molecule has 2 heterocycles. The van der Waals surface area contributed by atoms with Crippen LogP contribution >= 0.6 is 11.6 Å². The Morgan fingerprint density at radius 2 is 1.74 bits per heavy atom. The third kappa shape index (κ3) is 4.06. The highest BCUT2D eigenvalue weighted by Crippen LogP contribution is 2.43. The van der Waals surface area contributed by atoms with E-state index in [9.17, 15) is 24.8 Å². The Morgan fingerprint density at radius 3 is 2.26 bits per heavy atom. The van der Waals surface area contributed by atoms with Crippen LogP contribution < -0.4 is 4.90 Å². The zero-order valence-corrected chi connectivity index (χ0v) is 19.2. The van der Waals surface area contributed by atoms with E-state index in [-0.39, 0.29) is 22.6 Å². The maximum atomic E-state index is 13.1. The summed E-state index contributed by atoms with van der Waals surface area (Å²) < 4.78 is 5.42. The molecule has 1 saturated heterocycles. The molecule has 3 aromatic rings. The summed E-state index contributed by atoms with van der Waals surface area (Å²) in [6.07, 6.45) is 0. The minimum absolute atomic E-state index is 0.0885. The number of halogens is 1. The maximum Gasteiger partial charge on any atom is 0.301 e. The zero-order valence-electron chi connectivity index (χ0n) is 18.5. The summed E-state index contributed by atoms with van der Waals surface area (Å²) >= 11 is 5.93. The van der Waals surface area contributed by atoms with Gasteiger partial charge in [-0.2, -0.15) is 0 Å². The number of nitro benzene ring substituents is 1. The van der Waals surface area contributed by atoms with Crippen LogP contribution in [0.25, 0.3) is 5.76 Å². The Bertz CT molecular complexity index is 1320. The first-order valence-corrected chi connectivity index (χ1v) is 10.7. The zero-order chi connectivity index (χ0) is 24.8. The minimum Gasteiger partial charge on any atom is -0.507 e. The normalized spacial score (nSPS) is 17.9. The van der Waals surface area contributed by atoms with Crippen LogP contribution in [0.2, 0.25) is 5.02 Å². The predicted molar refractivity (Wildman–Crippen MR) is 125 cm³/mol. The summed E-state index contributed by atoms with van der Waals surface area (Å²) in [5.41, 5.74) is -0.0906. The van der Waals surface area contributed by atoms with Gasteiger partial charge in [0.2, 0.25) is 0 Å². The van der Waals surface area contributed by atoms with Crippen molar-refractivity contribution in [2.24, 2.45) is 0 Å². The van der Waals surface area contributed by atoms with Crippen LogP contribution in [0.4, 0.5) is 11.5 Å². The van der Waals surface area contributed by atoms with Gasteiger partial charge in [0.1, 0.15) is 11.5 Å². The van der Waals surface area contributed by atoms with Crippen LogP contribution in [0, 0.1) is 10.1 Å². The molecule has 0 saturated carbocycles. The second-order valence-electron chi connectivity index (χ2n) is 8.82. The van der Waals surface area contributed by atoms with Gasteiger partial charge in [-0.1, -0.05) is 37.5 Å². The lowest BCUT2D eigenvalue weighted by atomic mass is 9.93. The third-order valence-electron chi connectivity index (χ3n) is 5.47. The van der Waals surface area contributed by atoms with Gasteiger partial charge < -0.3 is 9.63 Å². The van der Waals surface area contributed by atoms with Crippen molar-refractivity contribution in [1.82, 2.24) is 5.16 Å². The molecule has 9 nitrogen and oxygen atoms in total. The molecule has 1 N–H and O–H groups in total. The van der Waals surface area contributed by atoms with E-state index >= 15 is 0 Å². The largest absolute Gasteiger partial charge is 0.507 e. The average molecular weight is 482 g/mol. The van der Waals surface area contributed by atoms with E-state index in [2.05, 4.69) is 5.16 Å². The monoisotopic (exact) mass is 481 g/mol. The van der Waals surface area contributed by atoms with E-state index in [0.717, 1.165) is 4.90 Å². The Kier molecular flexibility index (Phi) is 5.74. The molecule has 34 heavy (non-hydrogen) atoms. The highest BCUT2D eigenvalue weighted by molar-refractivity contribution is 6.51. The number of benzene rings is 2. The summed E-state index contributed by atoms with van der Waals surface area (Å²) in [6, 6.07) is 12.0. The van der Waals surface area contributed by atoms with Gasteiger partial charge in [-0.25, -0.2) is 0 Å². The van der Waals surface area contributed by atoms with Crippen LogP contribution in [0.3, 0.4) is 0 Å². The van der Waals surface area contributed by atoms with Gasteiger partial charge in [0.15, 0.2) is 5.82 Å². The first kappa shape index (κ1) is 23.2. The second-order valence-corrected chi connectivity index (χ2v) is 9.26. The van der Waals surface area contributed by atoms with Gasteiger partial charge in [0.05, 0.1) is 16.5 Å². The molecule has 1 unspecified atom stereocenters. The van der Waals surface area contributed by atoms with Crippen LogP contribution in [-0.4, -0.2) is 26.9 Å². The van der Waals surface area contributed by atoms with Gasteiger partial charge in [0.25, 0.3) is 11.5 Å². The number of hydrogen-bond acceptors (Lipinski definition) is 7. The molecule has 174 valence electrons. The summed E-state index contributed by atoms with van der Waals surface area (Å²) in [5.74, 6) is -1.65. The molecular weight excluding hydrogens is 462 g/mol. The summed E-state index contributed by atoms with van der Waals surface area (Å²) in [4.78, 5) is 38.0. The second kappa shape index (κ2) is 8.42. The Labute approximate surface area is 199 Å². The quantitative estimate of drug-likeness (QED) is 0.179. The molecule has 4 rings (SSSR count). The summed E-state index contributed by atoms with van der Waals surface area (Å²) in [6.45, 7) is 5.71. The van der Waals surface area contributed by atoms with Crippen molar-refractivity contribution in [3.05, 3.63) is 92.2 Å². The smallest absolute Gasteiger partial charge is 0.301 e. The van der Waals surface area contributed by atoms with E-state index in [1.54, 1.807) is 18.2 Å². The van der Waals surface area contributed by atoms with Crippen LogP contribution in [0.15, 0.2) is 64.7 Å². The number of nitrogens with zero attached hydrogens (tertiary/aromatic N) is 3. The van der Waals surface area contributed by atoms with E-state index in [0.29, 0.717) is 16.3 Å². The number of Topliss-reactive ketones (excluding diaryl/α,β-unsaturated/α-hetero) is 1. The Hall–Kier alpha value is -3.98. The van der Waals surface area contributed by atoms with Gasteiger partial charge >= 0.3 is 5.91 Å². The van der Waals surface area contributed by atoms with Crippen LogP contribution in [0.5, 0.6) is 0 Å². The molecule has 1 aliphatic rings. The number of carbonyl (C=O) groups excluding carboxylic acids is 2. The third-order valence-corrected chi connectivity index (χ3v) is 5.72. The number of hydrogen-bond donors (Lipinski definition) is 1. The molecule has 0 bridgehead atoms. The lowest BCUT2D eigenvalue weighted by molar-refractivity contribution is -0.384. The highest BCUT2D eigenvalue weighted by Gasteiger charge is 2.48. The highest BCUT2D eigenvalue weighted by atomic mass is 35.5. The lowest BCUT2D eigenvalue weighted by Crippen LogP contribution is -2.29. The van der Waals surface area contributed by atoms with E-state index in [4.69, 9.17) is 16.1 Å². The predicted octanol–water partition coefficient (Wildman–Crippen LogP) is 5.16. The standard InChI is InChI=1S/C24H20ClN3O6/c1-24(2,3)17-12-18(26-34-17)27-20(13-6-10-16(11-7-13)28(32)33)19(22(30)23(27)31)21(29)14-4-8-15(25)9-5-14/h4-12,20,29H,1-3H3/b21-19+. The fraction of sp³-hybridized carbons (Fsp3) is 0.208. The number of amides is 1. The first-order chi connectivity index (χ1) is 16.0. The number of non-ortho nitro benzene ring substituents is 1. The number of aliphatic hydroxyl groups excluding tert-OH is 1. The molecule has 1 fully saturated rings. The van der Waals surface area contributed by atoms with Gasteiger partial charge in [-0.3, -0.25) is 24.6 Å². The molecule has 10 heteroatoms. The molecule has 0 radical (unpaired) electrons. The van der Waals surface area contributed by atoms with Crippen molar-refractivity contribution in [2.75, 3.05) is 4.90 Å². The molecule has 0 aliphatic carbocycles. The number of anilines is 1. The average Bonchev–Trinajstić information content (AvgIpc) is 3.37. The van der Waals surface area contributed by atoms with Gasteiger partial charge in [-0.05, 0) is 42.0 Å². The van der Waals surface area contributed by atoms with Crippen molar-refractivity contribution in [3.8, 4) is 0 Å². The number of nitro groups is 1. The SMILES string of the molecule is CC(C)(C)c1cc(N2C(=O)C(=O)/C(=C(/O)c3ccc(Cl)cc3)C2c2ccc([N+](=O)[O-])cc2)no1. The molecule has 1 aliphatic heterocycles. The van der Waals surface area contributed by atoms with Gasteiger partial charge in [0, 0.05) is 34.2 Å². The number of carbonyl (C=O) groups is 2. The van der Waals surface area contributed by atoms with E-state index < -0.39 is 33.8 Å². The lowest BCUT2D eigenvalue weighted by Gasteiger charge is -2.22. The fourth-order valence-electron chi connectivity index (χ4n) is 3.66. The number of ketones is 1. The van der Waals surface area contributed by atoms with Crippen molar-refractivity contribution < 1.29 is 24.1 Å². The molecular formula is C24H20ClN3O6. The number of aliphatic hydroxyl groups is 1. The molecule has 0 spiro atoms. The number of aromatic nitrogens is 1. The molecule has 1 aromatic heterocycles. The molecule has 1 amide bonds. The fourth-order valence-corrected chi connectivity index (χ4v) is 3.78. The van der Waals surface area contributed by atoms with Crippen LogP contribution in [-0.2, 0) is 15.0 Å². The molecule has 1 atom stereocenters. The van der Waals surface area contributed by atoms with Crippen LogP contribution in [0.1, 0.15) is 43.7 Å². The van der Waals surface area contributed by atoms with Crippen molar-refractivity contribution in [1.29, 1.82) is 0 Å². The van der Waals surface area contributed by atoms with Gasteiger partial charge in [-0.15, -0.1) is 0 Å². The van der Waals surface area contributed by atoms with E-state index in [1.165, 1.54) is 36.4 Å². The Morgan fingerprint density at radius 1 is 1.12 bits per heavy atom. The topological polar surface area (TPSA) is 127 Å². The molecule has 2 aromatic carbocycles. The maximum absolute atomic E-state index is 13.1. The first-order valence-electron chi connectivity index (χ1n) is 10.3. The Balaban J connectivity index is 1.91. The van der Waals surface area contributed by atoms with E-state index in [1.807, 2.05) is 20.8 Å². The van der Waals surface area contributed by atoms with Crippen molar-refractivity contribution >= 4 is 40.6 Å². The van der Waals surface area contributed by atoms with Crippen molar-refractivity contribution in [2.45, 2.75) is 32.2 Å². The summed E-state index contributed by atoms with van der Waals surface area (Å²) in [5, 5.41) is 26.6. The minimum atomic E-state index is -1.09. The summed E-state index contributed by atoms with van der Waals surface area (Å²) in [7, 11) is 0. The van der Waals surface area contributed by atoms with Crippen molar-refractivity contribution in [3.63, 3.8) is 0 Å².